The van der Waals surface area contributed by atoms with Gasteiger partial charge in [0.15, 0.2) is 0 Å². The predicted molar refractivity (Wildman–Crippen MR) is 107 cm³/mol. The highest BCUT2D eigenvalue weighted by Gasteiger charge is 2.11. The van der Waals surface area contributed by atoms with Crippen molar-refractivity contribution in [2.24, 2.45) is 0 Å². The van der Waals surface area contributed by atoms with Gasteiger partial charge in [-0.3, -0.25) is 9.59 Å². The van der Waals surface area contributed by atoms with Crippen LogP contribution in [0.25, 0.3) is 0 Å². The van der Waals surface area contributed by atoms with Crippen LogP contribution in [-0.4, -0.2) is 23.4 Å². The smallest absolute Gasteiger partial charge is 0.275 e. The minimum atomic E-state index is -0.272. The van der Waals surface area contributed by atoms with E-state index in [2.05, 4.69) is 15.6 Å². The molecule has 0 aliphatic rings. The molecule has 3 aromatic rings. The van der Waals surface area contributed by atoms with Crippen molar-refractivity contribution in [3.63, 3.8) is 0 Å². The summed E-state index contributed by atoms with van der Waals surface area (Å²) >= 11 is 1.42. The van der Waals surface area contributed by atoms with Gasteiger partial charge in [0.05, 0.1) is 11.6 Å². The van der Waals surface area contributed by atoms with Crippen LogP contribution in [0.5, 0.6) is 5.75 Å². The largest absolute Gasteiger partial charge is 0.494 e. The van der Waals surface area contributed by atoms with E-state index < -0.39 is 0 Å². The number of anilines is 2. The van der Waals surface area contributed by atoms with Gasteiger partial charge in [-0.25, -0.2) is 4.98 Å². The number of nitrogens with zero attached hydrogens (tertiary/aromatic N) is 1. The van der Waals surface area contributed by atoms with Gasteiger partial charge < -0.3 is 15.4 Å². The molecule has 1 aromatic heterocycles. The second-order valence-electron chi connectivity index (χ2n) is 5.69. The van der Waals surface area contributed by atoms with Gasteiger partial charge in [0.1, 0.15) is 11.4 Å². The van der Waals surface area contributed by atoms with Crippen molar-refractivity contribution < 1.29 is 14.3 Å². The Labute approximate surface area is 161 Å². The lowest BCUT2D eigenvalue weighted by atomic mass is 10.2. The van der Waals surface area contributed by atoms with Crippen molar-refractivity contribution in [3.8, 4) is 5.75 Å². The van der Waals surface area contributed by atoms with Crippen LogP contribution in [0.4, 0.5) is 11.4 Å². The number of nitrogens with one attached hydrogen (secondary N) is 2. The highest BCUT2D eigenvalue weighted by atomic mass is 32.1. The van der Waals surface area contributed by atoms with E-state index in [-0.39, 0.29) is 11.8 Å². The van der Waals surface area contributed by atoms with Crippen molar-refractivity contribution in [2.45, 2.75) is 13.8 Å². The molecule has 138 valence electrons. The van der Waals surface area contributed by atoms with E-state index in [1.54, 1.807) is 53.9 Å². The second-order valence-corrected chi connectivity index (χ2v) is 6.76. The molecule has 0 saturated carbocycles. The van der Waals surface area contributed by atoms with Crippen LogP contribution in [-0.2, 0) is 0 Å². The molecule has 0 saturated heterocycles. The zero-order valence-electron chi connectivity index (χ0n) is 15.0. The molecule has 3 rings (SSSR count). The van der Waals surface area contributed by atoms with Crippen molar-refractivity contribution >= 4 is 34.5 Å². The summed E-state index contributed by atoms with van der Waals surface area (Å²) in [7, 11) is 0. The number of ether oxygens (including phenoxy) is 1. The third-order valence-electron chi connectivity index (χ3n) is 3.68. The molecule has 0 spiro atoms. The first kappa shape index (κ1) is 18.6. The lowest BCUT2D eigenvalue weighted by Gasteiger charge is -2.08. The van der Waals surface area contributed by atoms with Gasteiger partial charge in [-0.2, -0.15) is 0 Å². The van der Waals surface area contributed by atoms with Crippen molar-refractivity contribution in [1.82, 2.24) is 4.98 Å². The van der Waals surface area contributed by atoms with Gasteiger partial charge in [-0.1, -0.05) is 0 Å². The van der Waals surface area contributed by atoms with Crippen molar-refractivity contribution in [2.75, 3.05) is 17.2 Å². The Morgan fingerprint density at radius 2 is 1.56 bits per heavy atom. The van der Waals surface area contributed by atoms with Gasteiger partial charge in [-0.15, -0.1) is 11.3 Å². The van der Waals surface area contributed by atoms with Crippen LogP contribution < -0.4 is 15.4 Å². The Bertz CT molecular complexity index is 934. The third kappa shape index (κ3) is 4.92. The maximum atomic E-state index is 12.3. The normalized spacial score (nSPS) is 10.3. The number of benzene rings is 2. The molecule has 0 unspecified atom stereocenters. The molecule has 2 aromatic carbocycles. The quantitative estimate of drug-likeness (QED) is 0.665. The topological polar surface area (TPSA) is 80.3 Å². The molecule has 2 amide bonds. The van der Waals surface area contributed by atoms with E-state index in [0.717, 1.165) is 10.8 Å². The number of aryl methyl sites for hydroxylation is 1. The summed E-state index contributed by atoms with van der Waals surface area (Å²) in [6.45, 7) is 4.36. The number of aromatic nitrogens is 1. The average molecular weight is 381 g/mol. The summed E-state index contributed by atoms with van der Waals surface area (Å²) in [5.74, 6) is 0.254. The number of carbonyl (C=O) groups is 2. The molecule has 0 bridgehead atoms. The second kappa shape index (κ2) is 8.46. The Kier molecular flexibility index (Phi) is 5.83. The van der Waals surface area contributed by atoms with Crippen LogP contribution in [0.2, 0.25) is 0 Å². The summed E-state index contributed by atoms with van der Waals surface area (Å²) < 4.78 is 5.38. The number of carbonyl (C=O) groups excluding carboxylic acids is 2. The Morgan fingerprint density at radius 1 is 0.963 bits per heavy atom. The van der Waals surface area contributed by atoms with Crippen LogP contribution in [0.1, 0.15) is 32.8 Å². The molecule has 2 N–H and O–H groups in total. The fourth-order valence-corrected chi connectivity index (χ4v) is 2.97. The molecule has 27 heavy (non-hydrogen) atoms. The maximum Gasteiger partial charge on any atom is 0.275 e. The van der Waals surface area contributed by atoms with E-state index >= 15 is 0 Å². The highest BCUT2D eigenvalue weighted by Crippen LogP contribution is 2.18. The monoisotopic (exact) mass is 381 g/mol. The molecule has 0 aliphatic carbocycles. The molecular weight excluding hydrogens is 362 g/mol. The first-order chi connectivity index (χ1) is 13.0. The van der Waals surface area contributed by atoms with E-state index in [1.807, 2.05) is 13.8 Å². The molecular formula is C20H19N3O3S. The Hall–Kier alpha value is -3.19. The molecule has 6 nitrogen and oxygen atoms in total. The van der Waals surface area contributed by atoms with Crippen LogP contribution in [0.3, 0.4) is 0 Å². The molecule has 0 radical (unpaired) electrons. The standard InChI is InChI=1S/C20H19N3O3S/c1-3-26-17-10-8-16(9-11-17)22-19(24)14-4-6-15(7-5-14)23-20(25)18-12-27-13(2)21-18/h4-12H,3H2,1-2H3,(H,22,24)(H,23,25). The van der Waals surface area contributed by atoms with Gasteiger partial charge >= 0.3 is 0 Å². The first-order valence-electron chi connectivity index (χ1n) is 8.43. The van der Waals surface area contributed by atoms with Gasteiger partial charge in [0.25, 0.3) is 11.8 Å². The number of thiazole rings is 1. The summed E-state index contributed by atoms with van der Waals surface area (Å²) in [5.41, 5.74) is 2.16. The number of hydrogen-bond donors (Lipinski definition) is 2. The SMILES string of the molecule is CCOc1ccc(NC(=O)c2ccc(NC(=O)c3csc(C)n3)cc2)cc1. The molecule has 0 fully saturated rings. The number of amides is 2. The molecule has 1 heterocycles. The lowest BCUT2D eigenvalue weighted by molar-refractivity contribution is 0.101. The minimum Gasteiger partial charge on any atom is -0.494 e. The predicted octanol–water partition coefficient (Wildman–Crippen LogP) is 4.35. The zero-order chi connectivity index (χ0) is 19.2. The summed E-state index contributed by atoms with van der Waals surface area (Å²) in [4.78, 5) is 28.6. The number of rotatable bonds is 6. The molecule has 0 atom stereocenters. The van der Waals surface area contributed by atoms with Crippen LogP contribution >= 0.6 is 11.3 Å². The minimum absolute atomic E-state index is 0.229. The Morgan fingerprint density at radius 3 is 2.11 bits per heavy atom. The fourth-order valence-electron chi connectivity index (χ4n) is 2.37. The van der Waals surface area contributed by atoms with E-state index in [9.17, 15) is 9.59 Å². The number of hydrogen-bond acceptors (Lipinski definition) is 5. The maximum absolute atomic E-state index is 12.3. The summed E-state index contributed by atoms with van der Waals surface area (Å²) in [5, 5.41) is 8.14. The summed E-state index contributed by atoms with van der Waals surface area (Å²) in [6, 6.07) is 13.9. The van der Waals surface area contributed by atoms with Gasteiger partial charge in [0, 0.05) is 22.3 Å². The van der Waals surface area contributed by atoms with Crippen molar-refractivity contribution in [1.29, 1.82) is 0 Å². The average Bonchev–Trinajstić information content (AvgIpc) is 3.11. The first-order valence-corrected chi connectivity index (χ1v) is 9.31. The molecule has 7 heteroatoms. The highest BCUT2D eigenvalue weighted by molar-refractivity contribution is 7.09. The fraction of sp³-hybridized carbons (Fsp3) is 0.150. The third-order valence-corrected chi connectivity index (χ3v) is 4.45. The van der Waals surface area contributed by atoms with E-state index in [1.165, 1.54) is 11.3 Å². The molecule has 0 aliphatic heterocycles. The van der Waals surface area contributed by atoms with E-state index in [4.69, 9.17) is 4.74 Å². The van der Waals surface area contributed by atoms with Gasteiger partial charge in [0.2, 0.25) is 0 Å². The van der Waals surface area contributed by atoms with Crippen LogP contribution in [0, 0.1) is 6.92 Å². The van der Waals surface area contributed by atoms with Crippen LogP contribution in [0.15, 0.2) is 53.9 Å². The summed E-state index contributed by atoms with van der Waals surface area (Å²) in [6.07, 6.45) is 0. The lowest BCUT2D eigenvalue weighted by Crippen LogP contribution is -2.14. The van der Waals surface area contributed by atoms with Gasteiger partial charge in [-0.05, 0) is 62.4 Å². The van der Waals surface area contributed by atoms with Crippen molar-refractivity contribution in [3.05, 3.63) is 70.2 Å². The Balaban J connectivity index is 1.60. The van der Waals surface area contributed by atoms with E-state index in [0.29, 0.717) is 29.2 Å². The zero-order valence-corrected chi connectivity index (χ0v) is 15.8.